The van der Waals surface area contributed by atoms with Crippen molar-refractivity contribution in [3.63, 3.8) is 0 Å². The van der Waals surface area contributed by atoms with E-state index in [1.165, 1.54) is 24.3 Å². The highest BCUT2D eigenvalue weighted by atomic mass is 35.5. The number of aliphatic carboxylic acids is 1. The molecule has 0 heterocycles. The van der Waals surface area contributed by atoms with Crippen LogP contribution in [0.5, 0.6) is 0 Å². The van der Waals surface area contributed by atoms with E-state index in [9.17, 15) is 18.3 Å². The fourth-order valence-electron chi connectivity index (χ4n) is 2.74. The summed E-state index contributed by atoms with van der Waals surface area (Å²) in [5, 5.41) is 10.1. The average molecular weight is 443 g/mol. The molecular formula is C22H19ClN2O4S. The maximum absolute atomic E-state index is 12.9. The van der Waals surface area contributed by atoms with Crippen molar-refractivity contribution >= 4 is 33.4 Å². The standard InChI is InChI=1S/C22H19ClN2O4S/c23-18-11-13-19(14-12-18)30(28,29)25-21(17-9-5-2-6-10-17)24-20(22(26)27)15-16-7-3-1-4-8-16/h1-14,20H,15H2,(H,24,25)(H,26,27)/t20-/m1/s1. The van der Waals surface area contributed by atoms with Crippen LogP contribution < -0.4 is 4.72 Å². The first-order chi connectivity index (χ1) is 14.3. The van der Waals surface area contributed by atoms with Gasteiger partial charge in [0.05, 0.1) is 4.90 Å². The zero-order valence-corrected chi connectivity index (χ0v) is 17.3. The molecule has 0 spiro atoms. The second-order valence-electron chi connectivity index (χ2n) is 6.45. The molecule has 0 aliphatic carbocycles. The monoisotopic (exact) mass is 442 g/mol. The topological polar surface area (TPSA) is 95.8 Å². The van der Waals surface area contributed by atoms with Gasteiger partial charge in [0.1, 0.15) is 5.84 Å². The molecule has 154 valence electrons. The Kier molecular flexibility index (Phi) is 6.87. The molecule has 0 aliphatic heterocycles. The summed E-state index contributed by atoms with van der Waals surface area (Å²) < 4.78 is 28.1. The summed E-state index contributed by atoms with van der Waals surface area (Å²) in [7, 11) is -4.00. The molecule has 3 aromatic carbocycles. The van der Waals surface area contributed by atoms with Gasteiger partial charge in [-0.05, 0) is 29.8 Å². The fraction of sp³-hybridized carbons (Fsp3) is 0.0909. The summed E-state index contributed by atoms with van der Waals surface area (Å²) in [5.41, 5.74) is 1.23. The summed E-state index contributed by atoms with van der Waals surface area (Å²) in [6, 6.07) is 22.0. The first kappa shape index (κ1) is 21.5. The van der Waals surface area contributed by atoms with E-state index in [-0.39, 0.29) is 17.2 Å². The second-order valence-corrected chi connectivity index (χ2v) is 8.57. The quantitative estimate of drug-likeness (QED) is 0.430. The highest BCUT2D eigenvalue weighted by molar-refractivity contribution is 7.90. The number of rotatable bonds is 7. The lowest BCUT2D eigenvalue weighted by Gasteiger charge is -2.15. The Hall–Kier alpha value is -3.16. The zero-order valence-electron chi connectivity index (χ0n) is 15.8. The number of carboxylic acids is 1. The third-order valence-corrected chi connectivity index (χ3v) is 5.85. The van der Waals surface area contributed by atoms with Gasteiger partial charge < -0.3 is 5.11 Å². The van der Waals surface area contributed by atoms with Gasteiger partial charge >= 0.3 is 5.97 Å². The third kappa shape index (κ3) is 5.68. The lowest BCUT2D eigenvalue weighted by molar-refractivity contribution is -0.138. The molecule has 0 saturated carbocycles. The van der Waals surface area contributed by atoms with Gasteiger partial charge in [-0.15, -0.1) is 0 Å². The highest BCUT2D eigenvalue weighted by Gasteiger charge is 2.22. The minimum Gasteiger partial charge on any atom is -0.480 e. The number of hydrogen-bond acceptors (Lipinski definition) is 4. The van der Waals surface area contributed by atoms with Crippen molar-refractivity contribution in [1.29, 1.82) is 0 Å². The molecule has 3 aromatic rings. The van der Waals surface area contributed by atoms with Gasteiger partial charge in [-0.3, -0.25) is 9.71 Å². The number of nitrogens with zero attached hydrogens (tertiary/aromatic N) is 1. The Labute approximate surface area is 179 Å². The Morgan fingerprint density at radius 2 is 1.50 bits per heavy atom. The SMILES string of the molecule is O=C(O)[C@@H](Cc1ccccc1)N=C(NS(=O)(=O)c1ccc(Cl)cc1)c1ccccc1. The van der Waals surface area contributed by atoms with Crippen molar-refractivity contribution in [2.24, 2.45) is 4.99 Å². The molecule has 0 unspecified atom stereocenters. The van der Waals surface area contributed by atoms with E-state index < -0.39 is 22.0 Å². The Bertz CT molecular complexity index is 1130. The van der Waals surface area contributed by atoms with Crippen LogP contribution >= 0.6 is 11.6 Å². The van der Waals surface area contributed by atoms with Crippen molar-refractivity contribution in [3.05, 3.63) is 101 Å². The number of amidine groups is 1. The van der Waals surface area contributed by atoms with Crippen molar-refractivity contribution in [2.75, 3.05) is 0 Å². The van der Waals surface area contributed by atoms with Gasteiger partial charge in [0.15, 0.2) is 6.04 Å². The minimum absolute atomic E-state index is 0.00883. The number of nitrogens with one attached hydrogen (secondary N) is 1. The number of benzene rings is 3. The first-order valence-corrected chi connectivity index (χ1v) is 10.9. The van der Waals surface area contributed by atoms with Crippen molar-refractivity contribution in [3.8, 4) is 0 Å². The molecule has 0 radical (unpaired) electrons. The van der Waals surface area contributed by atoms with E-state index in [1.807, 2.05) is 6.07 Å². The number of carboxylic acid groups (broad SMARTS) is 1. The van der Waals surface area contributed by atoms with E-state index in [1.54, 1.807) is 54.6 Å². The third-order valence-electron chi connectivity index (χ3n) is 4.24. The van der Waals surface area contributed by atoms with Crippen molar-refractivity contribution in [1.82, 2.24) is 4.72 Å². The lowest BCUT2D eigenvalue weighted by atomic mass is 10.1. The fourth-order valence-corrected chi connectivity index (χ4v) is 3.90. The Morgan fingerprint density at radius 3 is 2.07 bits per heavy atom. The van der Waals surface area contributed by atoms with Crippen LogP contribution in [-0.4, -0.2) is 31.4 Å². The van der Waals surface area contributed by atoms with Crippen LogP contribution in [0.15, 0.2) is 94.8 Å². The summed E-state index contributed by atoms with van der Waals surface area (Å²) in [6.45, 7) is 0. The van der Waals surface area contributed by atoms with Gasteiger partial charge in [0, 0.05) is 17.0 Å². The molecule has 8 heteroatoms. The number of carbonyl (C=O) groups is 1. The molecule has 0 saturated heterocycles. The minimum atomic E-state index is -4.00. The van der Waals surface area contributed by atoms with Gasteiger partial charge in [0.25, 0.3) is 10.0 Å². The summed E-state index contributed by atoms with van der Waals surface area (Å²) in [5.74, 6) is -1.20. The first-order valence-electron chi connectivity index (χ1n) is 9.03. The summed E-state index contributed by atoms with van der Waals surface area (Å²) in [6.07, 6.45) is 0.120. The van der Waals surface area contributed by atoms with E-state index in [0.29, 0.717) is 10.6 Å². The Balaban J connectivity index is 1.99. The number of hydrogen-bond donors (Lipinski definition) is 2. The van der Waals surface area contributed by atoms with E-state index in [4.69, 9.17) is 11.6 Å². The van der Waals surface area contributed by atoms with Gasteiger partial charge in [0.2, 0.25) is 0 Å². The van der Waals surface area contributed by atoms with Crippen molar-refractivity contribution in [2.45, 2.75) is 17.4 Å². The normalized spacial score (nSPS) is 12.9. The number of sulfonamides is 1. The largest absolute Gasteiger partial charge is 0.480 e. The summed E-state index contributed by atoms with van der Waals surface area (Å²) in [4.78, 5) is 16.1. The van der Waals surface area contributed by atoms with Crippen LogP contribution in [0, 0.1) is 0 Å². The van der Waals surface area contributed by atoms with Crippen LogP contribution in [0.1, 0.15) is 11.1 Å². The maximum Gasteiger partial charge on any atom is 0.328 e. The molecule has 30 heavy (non-hydrogen) atoms. The average Bonchev–Trinajstić information content (AvgIpc) is 2.74. The number of halogens is 1. The van der Waals surface area contributed by atoms with Crippen LogP contribution in [0.2, 0.25) is 5.02 Å². The van der Waals surface area contributed by atoms with Gasteiger partial charge in [-0.1, -0.05) is 72.3 Å². The second kappa shape index (κ2) is 9.56. The number of aliphatic imine (C=N–C) groups is 1. The van der Waals surface area contributed by atoms with Gasteiger partial charge in [-0.2, -0.15) is 0 Å². The van der Waals surface area contributed by atoms with Crippen molar-refractivity contribution < 1.29 is 18.3 Å². The predicted octanol–water partition coefficient (Wildman–Crippen LogP) is 3.76. The molecule has 3 rings (SSSR count). The van der Waals surface area contributed by atoms with Gasteiger partial charge in [-0.25, -0.2) is 13.2 Å². The zero-order chi connectivity index (χ0) is 21.6. The maximum atomic E-state index is 12.9. The molecular weight excluding hydrogens is 424 g/mol. The molecule has 6 nitrogen and oxygen atoms in total. The molecule has 1 atom stereocenters. The predicted molar refractivity (Wildman–Crippen MR) is 116 cm³/mol. The van der Waals surface area contributed by atoms with Crippen LogP contribution in [0.25, 0.3) is 0 Å². The molecule has 0 bridgehead atoms. The molecule has 0 amide bonds. The Morgan fingerprint density at radius 1 is 0.933 bits per heavy atom. The van der Waals surface area contributed by atoms with E-state index >= 15 is 0 Å². The molecule has 0 fully saturated rings. The molecule has 0 aromatic heterocycles. The van der Waals surface area contributed by atoms with Crippen LogP contribution in [-0.2, 0) is 21.2 Å². The smallest absolute Gasteiger partial charge is 0.328 e. The van der Waals surface area contributed by atoms with E-state index in [2.05, 4.69) is 9.71 Å². The molecule has 0 aliphatic rings. The molecule has 2 N–H and O–H groups in total. The summed E-state index contributed by atoms with van der Waals surface area (Å²) >= 11 is 5.84. The van der Waals surface area contributed by atoms with Crippen LogP contribution in [0.3, 0.4) is 0 Å². The highest BCUT2D eigenvalue weighted by Crippen LogP contribution is 2.15. The van der Waals surface area contributed by atoms with E-state index in [0.717, 1.165) is 5.56 Å². The lowest BCUT2D eigenvalue weighted by Crippen LogP contribution is -2.34. The van der Waals surface area contributed by atoms with Crippen LogP contribution in [0.4, 0.5) is 0 Å².